The molecule has 3 aromatic rings. The normalized spacial score (nSPS) is 10.6. The standard InChI is InChI=1S/C13H8ClN3O2/c14-11-4-6-13(17-16-11)19-9-2-3-10-8(7-9)1-5-12(18)15-10/h1-7H,(H,15,18). The molecule has 0 spiro atoms. The first-order valence-corrected chi connectivity index (χ1v) is 5.89. The molecule has 0 bridgehead atoms. The van der Waals surface area contributed by atoms with Crippen LogP contribution >= 0.6 is 11.6 Å². The van der Waals surface area contributed by atoms with Gasteiger partial charge in [-0.3, -0.25) is 4.79 Å². The highest BCUT2D eigenvalue weighted by Gasteiger charge is 2.02. The number of nitrogens with one attached hydrogen (secondary N) is 1. The molecule has 0 aliphatic rings. The lowest BCUT2D eigenvalue weighted by Gasteiger charge is -2.05. The number of pyridine rings is 1. The molecule has 6 heteroatoms. The highest BCUT2D eigenvalue weighted by Crippen LogP contribution is 2.23. The Bertz CT molecular complexity index is 784. The number of nitrogens with zero attached hydrogens (tertiary/aromatic N) is 2. The summed E-state index contributed by atoms with van der Waals surface area (Å²) in [5.41, 5.74) is 0.617. The minimum absolute atomic E-state index is 0.135. The number of H-pyrrole nitrogens is 1. The Labute approximate surface area is 112 Å². The fourth-order valence-corrected chi connectivity index (χ4v) is 1.78. The highest BCUT2D eigenvalue weighted by atomic mass is 35.5. The van der Waals surface area contributed by atoms with E-state index in [2.05, 4.69) is 15.2 Å². The van der Waals surface area contributed by atoms with Gasteiger partial charge in [-0.05, 0) is 30.3 Å². The maximum Gasteiger partial charge on any atom is 0.248 e. The number of benzene rings is 1. The van der Waals surface area contributed by atoms with Gasteiger partial charge in [0.25, 0.3) is 0 Å². The van der Waals surface area contributed by atoms with Crippen LogP contribution in [-0.4, -0.2) is 15.2 Å². The van der Waals surface area contributed by atoms with Crippen molar-refractivity contribution >= 4 is 22.5 Å². The van der Waals surface area contributed by atoms with E-state index < -0.39 is 0 Å². The summed E-state index contributed by atoms with van der Waals surface area (Å²) in [5, 5.41) is 8.68. The van der Waals surface area contributed by atoms with Crippen molar-refractivity contribution in [2.75, 3.05) is 0 Å². The highest BCUT2D eigenvalue weighted by molar-refractivity contribution is 6.29. The van der Waals surface area contributed by atoms with E-state index in [0.29, 0.717) is 16.8 Å². The lowest BCUT2D eigenvalue weighted by atomic mass is 10.2. The van der Waals surface area contributed by atoms with Crippen LogP contribution in [0.2, 0.25) is 5.15 Å². The molecule has 2 heterocycles. The monoisotopic (exact) mass is 273 g/mol. The Balaban J connectivity index is 1.95. The van der Waals surface area contributed by atoms with Gasteiger partial charge >= 0.3 is 0 Å². The predicted molar refractivity (Wildman–Crippen MR) is 71.7 cm³/mol. The average molecular weight is 274 g/mol. The molecular weight excluding hydrogens is 266 g/mol. The third-order valence-corrected chi connectivity index (χ3v) is 2.73. The van der Waals surface area contributed by atoms with Crippen molar-refractivity contribution in [3.63, 3.8) is 0 Å². The van der Waals surface area contributed by atoms with Crippen LogP contribution < -0.4 is 10.3 Å². The van der Waals surface area contributed by atoms with Gasteiger partial charge in [0.05, 0.1) is 0 Å². The van der Waals surface area contributed by atoms with Gasteiger partial charge < -0.3 is 9.72 Å². The molecule has 0 aliphatic carbocycles. The molecule has 0 aliphatic heterocycles. The molecule has 0 fully saturated rings. The number of aromatic amines is 1. The van der Waals surface area contributed by atoms with Crippen LogP contribution in [-0.2, 0) is 0 Å². The van der Waals surface area contributed by atoms with Crippen LogP contribution in [0.25, 0.3) is 10.9 Å². The Hall–Kier alpha value is -2.40. The van der Waals surface area contributed by atoms with Crippen molar-refractivity contribution in [1.82, 2.24) is 15.2 Å². The van der Waals surface area contributed by atoms with Crippen molar-refractivity contribution in [2.45, 2.75) is 0 Å². The van der Waals surface area contributed by atoms with E-state index in [4.69, 9.17) is 16.3 Å². The second-order valence-electron chi connectivity index (χ2n) is 3.87. The number of fused-ring (bicyclic) bond motifs is 1. The van der Waals surface area contributed by atoms with Crippen LogP contribution in [0.15, 0.2) is 47.3 Å². The second-order valence-corrected chi connectivity index (χ2v) is 4.26. The topological polar surface area (TPSA) is 67.9 Å². The smallest absolute Gasteiger partial charge is 0.248 e. The van der Waals surface area contributed by atoms with Crippen LogP contribution in [0.4, 0.5) is 0 Å². The summed E-state index contributed by atoms with van der Waals surface area (Å²) < 4.78 is 5.55. The van der Waals surface area contributed by atoms with E-state index in [1.54, 1.807) is 30.3 Å². The summed E-state index contributed by atoms with van der Waals surface area (Å²) in [5.74, 6) is 0.962. The Kier molecular flexibility index (Phi) is 2.89. The zero-order chi connectivity index (χ0) is 13.2. The molecule has 0 saturated heterocycles. The molecule has 1 aromatic carbocycles. The van der Waals surface area contributed by atoms with E-state index in [-0.39, 0.29) is 5.56 Å². The molecule has 5 nitrogen and oxygen atoms in total. The van der Waals surface area contributed by atoms with Crippen LogP contribution in [0.5, 0.6) is 11.6 Å². The number of rotatable bonds is 2. The average Bonchev–Trinajstić information content (AvgIpc) is 2.42. The van der Waals surface area contributed by atoms with E-state index in [9.17, 15) is 4.79 Å². The van der Waals surface area contributed by atoms with E-state index >= 15 is 0 Å². The summed E-state index contributed by atoms with van der Waals surface area (Å²) in [4.78, 5) is 13.9. The Morgan fingerprint density at radius 2 is 1.95 bits per heavy atom. The lowest BCUT2D eigenvalue weighted by Crippen LogP contribution is -2.02. The quantitative estimate of drug-likeness (QED) is 0.779. The molecule has 19 heavy (non-hydrogen) atoms. The maximum atomic E-state index is 11.2. The summed E-state index contributed by atoms with van der Waals surface area (Å²) in [6, 6.07) is 11.8. The van der Waals surface area contributed by atoms with Gasteiger partial charge in [0.15, 0.2) is 5.15 Å². The first-order chi connectivity index (χ1) is 9.20. The molecular formula is C13H8ClN3O2. The molecule has 0 saturated carbocycles. The molecule has 2 aromatic heterocycles. The number of aromatic nitrogens is 3. The molecule has 1 N–H and O–H groups in total. The van der Waals surface area contributed by atoms with Crippen molar-refractivity contribution in [3.8, 4) is 11.6 Å². The van der Waals surface area contributed by atoms with Gasteiger partial charge in [0.1, 0.15) is 5.75 Å². The SMILES string of the molecule is O=c1ccc2cc(Oc3ccc(Cl)nn3)ccc2[nH]1. The maximum absolute atomic E-state index is 11.2. The third-order valence-electron chi connectivity index (χ3n) is 2.53. The Morgan fingerprint density at radius 3 is 2.74 bits per heavy atom. The van der Waals surface area contributed by atoms with Crippen LogP contribution in [0, 0.1) is 0 Å². The molecule has 3 rings (SSSR count). The fourth-order valence-electron chi connectivity index (χ4n) is 1.67. The summed E-state index contributed by atoms with van der Waals surface area (Å²) in [6.07, 6.45) is 0. The summed E-state index contributed by atoms with van der Waals surface area (Å²) in [6.45, 7) is 0. The van der Waals surface area contributed by atoms with Gasteiger partial charge in [0, 0.05) is 23.0 Å². The van der Waals surface area contributed by atoms with Gasteiger partial charge in [-0.15, -0.1) is 10.2 Å². The molecule has 94 valence electrons. The molecule has 0 amide bonds. The van der Waals surface area contributed by atoms with Gasteiger partial charge in [-0.1, -0.05) is 11.6 Å². The second kappa shape index (κ2) is 4.70. The minimum Gasteiger partial charge on any atom is -0.437 e. The van der Waals surface area contributed by atoms with E-state index in [1.807, 2.05) is 6.07 Å². The predicted octanol–water partition coefficient (Wildman–Crippen LogP) is 2.76. The van der Waals surface area contributed by atoms with Gasteiger partial charge in [-0.25, -0.2) is 0 Å². The van der Waals surface area contributed by atoms with Crippen LogP contribution in [0.3, 0.4) is 0 Å². The first kappa shape index (κ1) is 11.7. The van der Waals surface area contributed by atoms with Crippen molar-refractivity contribution in [3.05, 3.63) is 58.0 Å². The van der Waals surface area contributed by atoms with Crippen LogP contribution in [0.1, 0.15) is 0 Å². The molecule has 0 atom stereocenters. The third kappa shape index (κ3) is 2.56. The zero-order valence-electron chi connectivity index (χ0n) is 9.63. The fraction of sp³-hybridized carbons (Fsp3) is 0. The van der Waals surface area contributed by atoms with Gasteiger partial charge in [-0.2, -0.15) is 0 Å². The largest absolute Gasteiger partial charge is 0.437 e. The van der Waals surface area contributed by atoms with E-state index in [1.165, 1.54) is 6.07 Å². The minimum atomic E-state index is -0.135. The van der Waals surface area contributed by atoms with Gasteiger partial charge in [0.2, 0.25) is 11.4 Å². The molecule has 0 unspecified atom stereocenters. The summed E-state index contributed by atoms with van der Waals surface area (Å²) in [7, 11) is 0. The number of ether oxygens (including phenoxy) is 1. The molecule has 0 radical (unpaired) electrons. The lowest BCUT2D eigenvalue weighted by molar-refractivity contribution is 0.456. The first-order valence-electron chi connectivity index (χ1n) is 5.51. The van der Waals surface area contributed by atoms with E-state index in [0.717, 1.165) is 10.9 Å². The van der Waals surface area contributed by atoms with Crippen molar-refractivity contribution < 1.29 is 4.74 Å². The van der Waals surface area contributed by atoms with Crippen molar-refractivity contribution in [2.24, 2.45) is 0 Å². The number of hydrogen-bond acceptors (Lipinski definition) is 4. The van der Waals surface area contributed by atoms with Crippen molar-refractivity contribution in [1.29, 1.82) is 0 Å². The number of halogens is 1. The zero-order valence-corrected chi connectivity index (χ0v) is 10.4. The Morgan fingerprint density at radius 1 is 1.05 bits per heavy atom. The summed E-state index contributed by atoms with van der Waals surface area (Å²) >= 11 is 5.64. The number of hydrogen-bond donors (Lipinski definition) is 1.